The Morgan fingerprint density at radius 3 is 2.43 bits per heavy atom. The summed E-state index contributed by atoms with van der Waals surface area (Å²) in [5.41, 5.74) is 1.69. The van der Waals surface area contributed by atoms with E-state index in [1.54, 1.807) is 10.8 Å². The van der Waals surface area contributed by atoms with Gasteiger partial charge < -0.3 is 4.90 Å². The number of hydrogen-bond acceptors (Lipinski definition) is 1. The largest absolute Gasteiger partial charge is 0.309 e. The molecule has 0 fully saturated rings. The van der Waals surface area contributed by atoms with E-state index in [1.807, 2.05) is 0 Å². The average Bonchev–Trinajstić information content (AvgIpc) is 2.46. The fraction of sp³-hybridized carbons (Fsp3) is 0.667. The summed E-state index contributed by atoms with van der Waals surface area (Å²) in [6.45, 7) is 8.50. The molecule has 14 heavy (non-hydrogen) atoms. The van der Waals surface area contributed by atoms with Crippen LogP contribution in [0.2, 0.25) is 19.6 Å². The van der Waals surface area contributed by atoms with E-state index in [2.05, 4.69) is 50.8 Å². The van der Waals surface area contributed by atoms with E-state index in [9.17, 15) is 0 Å². The summed E-state index contributed by atoms with van der Waals surface area (Å²) in [5.74, 6) is 0. The maximum atomic E-state index is 2.44. The first-order valence-corrected chi connectivity index (χ1v) is 8.95. The molecule has 0 heterocycles. The van der Waals surface area contributed by atoms with E-state index in [1.165, 1.54) is 19.4 Å². The zero-order valence-electron chi connectivity index (χ0n) is 10.2. The Kier molecular flexibility index (Phi) is 3.73. The third-order valence-corrected chi connectivity index (χ3v) is 4.83. The predicted octanol–water partition coefficient (Wildman–Crippen LogP) is 3.07. The van der Waals surface area contributed by atoms with E-state index in [0.717, 1.165) is 0 Å². The lowest BCUT2D eigenvalue weighted by atomic mass is 10.1. The van der Waals surface area contributed by atoms with Gasteiger partial charge in [-0.2, -0.15) is 0 Å². The van der Waals surface area contributed by atoms with Gasteiger partial charge in [-0.05, 0) is 26.9 Å². The van der Waals surface area contributed by atoms with Crippen molar-refractivity contribution in [2.75, 3.05) is 20.6 Å². The van der Waals surface area contributed by atoms with Crippen LogP contribution in [-0.4, -0.2) is 33.6 Å². The molecule has 0 spiro atoms. The molecular formula is C12H23NSi. The molecule has 0 aromatic heterocycles. The molecule has 1 rings (SSSR count). The molecule has 1 aliphatic carbocycles. The summed E-state index contributed by atoms with van der Waals surface area (Å²) < 4.78 is 0. The maximum Gasteiger partial charge on any atom is 0.0775 e. The molecule has 2 heteroatoms. The molecule has 1 nitrogen and oxygen atoms in total. The lowest BCUT2D eigenvalue weighted by Gasteiger charge is -2.20. The van der Waals surface area contributed by atoms with Crippen LogP contribution in [0.1, 0.15) is 12.8 Å². The Morgan fingerprint density at radius 2 is 1.93 bits per heavy atom. The Labute approximate surface area is 89.5 Å². The second kappa shape index (κ2) is 4.45. The predicted molar refractivity (Wildman–Crippen MR) is 67.3 cm³/mol. The summed E-state index contributed by atoms with van der Waals surface area (Å²) in [4.78, 5) is 2.27. The quantitative estimate of drug-likeness (QED) is 0.643. The van der Waals surface area contributed by atoms with Crippen molar-refractivity contribution in [2.24, 2.45) is 0 Å². The van der Waals surface area contributed by atoms with Crippen molar-refractivity contribution >= 4 is 8.07 Å². The van der Waals surface area contributed by atoms with Gasteiger partial charge >= 0.3 is 0 Å². The molecular weight excluding hydrogens is 186 g/mol. The smallest absolute Gasteiger partial charge is 0.0775 e. The van der Waals surface area contributed by atoms with Crippen molar-refractivity contribution in [1.29, 1.82) is 0 Å². The van der Waals surface area contributed by atoms with Crippen LogP contribution in [0, 0.1) is 0 Å². The fourth-order valence-electron chi connectivity index (χ4n) is 1.92. The second-order valence-electron chi connectivity index (χ2n) is 5.43. The highest BCUT2D eigenvalue weighted by atomic mass is 28.3. The molecule has 0 saturated heterocycles. The van der Waals surface area contributed by atoms with Gasteiger partial charge in [0.2, 0.25) is 0 Å². The van der Waals surface area contributed by atoms with E-state index in [0.29, 0.717) is 0 Å². The standard InChI is InChI=1S/C12H23NSi/c1-13(2)10-9-11-7-6-8-12(11)14(3,4)5/h6,8H,7,9-10H2,1-5H3. The van der Waals surface area contributed by atoms with Crippen LogP contribution in [0.5, 0.6) is 0 Å². The first-order valence-electron chi connectivity index (χ1n) is 5.45. The summed E-state index contributed by atoms with van der Waals surface area (Å²) in [7, 11) is 3.21. The highest BCUT2D eigenvalue weighted by Crippen LogP contribution is 2.29. The second-order valence-corrected chi connectivity index (χ2v) is 10.5. The first kappa shape index (κ1) is 11.7. The molecule has 0 atom stereocenters. The van der Waals surface area contributed by atoms with Gasteiger partial charge in [0.05, 0.1) is 8.07 Å². The minimum Gasteiger partial charge on any atom is -0.309 e. The molecule has 0 unspecified atom stereocenters. The minimum atomic E-state index is -1.08. The third kappa shape index (κ3) is 3.10. The Hall–Kier alpha value is -0.343. The highest BCUT2D eigenvalue weighted by Gasteiger charge is 2.23. The highest BCUT2D eigenvalue weighted by molar-refractivity contribution is 6.83. The maximum absolute atomic E-state index is 2.44. The number of nitrogens with zero attached hydrogens (tertiary/aromatic N) is 1. The summed E-state index contributed by atoms with van der Waals surface area (Å²) in [6, 6.07) is 0. The van der Waals surface area contributed by atoms with Gasteiger partial charge in [-0.1, -0.05) is 42.6 Å². The van der Waals surface area contributed by atoms with Crippen molar-refractivity contribution in [3.63, 3.8) is 0 Å². The molecule has 0 aromatic carbocycles. The van der Waals surface area contributed by atoms with E-state index in [-0.39, 0.29) is 0 Å². The molecule has 0 radical (unpaired) electrons. The number of rotatable bonds is 4. The zero-order chi connectivity index (χ0) is 10.8. The molecule has 0 aliphatic heterocycles. The molecule has 0 amide bonds. The number of allylic oxidation sites excluding steroid dienone is 3. The SMILES string of the molecule is CN(C)CCC1=C([Si](C)(C)C)C=CC1. The number of hydrogen-bond donors (Lipinski definition) is 0. The van der Waals surface area contributed by atoms with Gasteiger partial charge in [-0.15, -0.1) is 0 Å². The van der Waals surface area contributed by atoms with E-state index in [4.69, 9.17) is 0 Å². The van der Waals surface area contributed by atoms with Crippen molar-refractivity contribution in [3.05, 3.63) is 22.9 Å². The molecule has 0 N–H and O–H groups in total. The lowest BCUT2D eigenvalue weighted by Crippen LogP contribution is -2.24. The third-order valence-electron chi connectivity index (χ3n) is 2.70. The molecule has 0 bridgehead atoms. The Morgan fingerprint density at radius 1 is 1.29 bits per heavy atom. The monoisotopic (exact) mass is 209 g/mol. The lowest BCUT2D eigenvalue weighted by molar-refractivity contribution is 0.412. The Bertz CT molecular complexity index is 256. The van der Waals surface area contributed by atoms with Crippen LogP contribution in [0.3, 0.4) is 0 Å². The van der Waals surface area contributed by atoms with Crippen LogP contribution < -0.4 is 0 Å². The summed E-state index contributed by atoms with van der Waals surface area (Å²) in [5, 5.41) is 1.69. The normalized spacial score (nSPS) is 17.3. The van der Waals surface area contributed by atoms with Crippen LogP contribution in [0.25, 0.3) is 0 Å². The van der Waals surface area contributed by atoms with Gasteiger partial charge in [-0.3, -0.25) is 0 Å². The van der Waals surface area contributed by atoms with Gasteiger partial charge in [0.15, 0.2) is 0 Å². The fourth-order valence-corrected chi connectivity index (χ4v) is 3.83. The summed E-state index contributed by atoms with van der Waals surface area (Å²) >= 11 is 0. The average molecular weight is 209 g/mol. The zero-order valence-corrected chi connectivity index (χ0v) is 11.2. The van der Waals surface area contributed by atoms with Crippen molar-refractivity contribution in [2.45, 2.75) is 32.5 Å². The molecule has 1 aliphatic rings. The van der Waals surface area contributed by atoms with Crippen LogP contribution >= 0.6 is 0 Å². The van der Waals surface area contributed by atoms with Gasteiger partial charge in [-0.25, -0.2) is 0 Å². The molecule has 0 aromatic rings. The van der Waals surface area contributed by atoms with Crippen molar-refractivity contribution in [1.82, 2.24) is 4.90 Å². The molecule has 0 saturated carbocycles. The van der Waals surface area contributed by atoms with Crippen LogP contribution in [0.4, 0.5) is 0 Å². The molecule has 80 valence electrons. The van der Waals surface area contributed by atoms with Crippen molar-refractivity contribution in [3.8, 4) is 0 Å². The van der Waals surface area contributed by atoms with Crippen molar-refractivity contribution < 1.29 is 0 Å². The summed E-state index contributed by atoms with van der Waals surface area (Å²) in [6.07, 6.45) is 7.16. The minimum absolute atomic E-state index is 1.08. The van der Waals surface area contributed by atoms with Gasteiger partial charge in [0, 0.05) is 6.54 Å². The Balaban J connectivity index is 2.67. The van der Waals surface area contributed by atoms with Crippen LogP contribution in [-0.2, 0) is 0 Å². The van der Waals surface area contributed by atoms with E-state index >= 15 is 0 Å². The van der Waals surface area contributed by atoms with Gasteiger partial charge in [0.1, 0.15) is 0 Å². The van der Waals surface area contributed by atoms with E-state index < -0.39 is 8.07 Å². The van der Waals surface area contributed by atoms with Gasteiger partial charge in [0.25, 0.3) is 0 Å². The van der Waals surface area contributed by atoms with Crippen LogP contribution in [0.15, 0.2) is 22.9 Å². The topological polar surface area (TPSA) is 3.24 Å². The first-order chi connectivity index (χ1) is 6.41.